The highest BCUT2D eigenvalue weighted by atomic mass is 16.2. The second kappa shape index (κ2) is 9.94. The van der Waals surface area contributed by atoms with Crippen molar-refractivity contribution in [2.24, 2.45) is 5.92 Å². The number of benzene rings is 3. The van der Waals surface area contributed by atoms with Gasteiger partial charge in [-0.2, -0.15) is 0 Å². The van der Waals surface area contributed by atoms with E-state index in [9.17, 15) is 14.4 Å². The Morgan fingerprint density at radius 1 is 0.889 bits per heavy atom. The zero-order chi connectivity index (χ0) is 25.2. The first kappa shape index (κ1) is 23.7. The maximum Gasteiger partial charge on any atom is 0.258 e. The number of rotatable bonds is 6. The zero-order valence-electron chi connectivity index (χ0n) is 20.6. The maximum atomic E-state index is 14.0. The van der Waals surface area contributed by atoms with Crippen LogP contribution >= 0.6 is 0 Å². The molecule has 5 rings (SSSR count). The molecule has 2 heterocycles. The van der Waals surface area contributed by atoms with E-state index in [0.29, 0.717) is 30.1 Å². The molecule has 0 saturated carbocycles. The lowest BCUT2D eigenvalue weighted by molar-refractivity contribution is -0.137. The number of fused-ring (bicyclic) bond motifs is 1. The van der Waals surface area contributed by atoms with Gasteiger partial charge in [0.15, 0.2) is 5.78 Å². The van der Waals surface area contributed by atoms with Crippen LogP contribution in [0.15, 0.2) is 96.7 Å². The summed E-state index contributed by atoms with van der Waals surface area (Å²) in [5, 5.41) is 0. The van der Waals surface area contributed by atoms with Crippen LogP contribution in [0.2, 0.25) is 0 Å². The largest absolute Gasteiger partial charge is 0.323 e. The molecule has 36 heavy (non-hydrogen) atoms. The Morgan fingerprint density at radius 2 is 1.56 bits per heavy atom. The van der Waals surface area contributed by atoms with Crippen LogP contribution in [0.25, 0.3) is 11.1 Å². The normalized spacial score (nSPS) is 17.8. The van der Waals surface area contributed by atoms with E-state index >= 15 is 0 Å². The number of carbonyl (C=O) groups excluding carboxylic acids is 3. The lowest BCUT2D eigenvalue weighted by Crippen LogP contribution is -2.43. The molecule has 0 bridgehead atoms. The SMILES string of the molecule is CC(C)CC(C(=O)N1CC=C2C1C(=O)CN2C(=O)c1ccccc1)c1cccc(-c2ccccc2)c1. The number of ketones is 1. The van der Waals surface area contributed by atoms with Gasteiger partial charge in [-0.25, -0.2) is 0 Å². The summed E-state index contributed by atoms with van der Waals surface area (Å²) in [6.45, 7) is 4.54. The van der Waals surface area contributed by atoms with Crippen molar-refractivity contribution in [2.45, 2.75) is 32.2 Å². The van der Waals surface area contributed by atoms with Crippen molar-refractivity contribution >= 4 is 17.6 Å². The third-order valence-corrected chi connectivity index (χ3v) is 6.97. The number of nitrogens with zero attached hydrogens (tertiary/aromatic N) is 2. The van der Waals surface area contributed by atoms with E-state index < -0.39 is 6.04 Å². The van der Waals surface area contributed by atoms with Crippen molar-refractivity contribution in [1.29, 1.82) is 0 Å². The standard InChI is InChI=1S/C31H30N2O3/c1-21(2)18-26(25-15-9-14-24(19-25)22-10-5-3-6-11-22)31(36)32-17-16-27-29(32)28(34)20-33(27)30(35)23-12-7-4-8-13-23/h3-16,19,21,26,29H,17-18,20H2,1-2H3. The summed E-state index contributed by atoms with van der Waals surface area (Å²) in [4.78, 5) is 43.4. The minimum atomic E-state index is -0.697. The van der Waals surface area contributed by atoms with Gasteiger partial charge in [0.2, 0.25) is 5.91 Å². The van der Waals surface area contributed by atoms with Gasteiger partial charge >= 0.3 is 0 Å². The van der Waals surface area contributed by atoms with Crippen molar-refractivity contribution < 1.29 is 14.4 Å². The fraction of sp³-hybridized carbons (Fsp3) is 0.258. The molecule has 182 valence electrons. The topological polar surface area (TPSA) is 57.7 Å². The van der Waals surface area contributed by atoms with Gasteiger partial charge in [0, 0.05) is 17.8 Å². The quantitative estimate of drug-likeness (QED) is 0.483. The molecule has 1 fully saturated rings. The highest BCUT2D eigenvalue weighted by Crippen LogP contribution is 2.35. The molecule has 1 saturated heterocycles. The number of carbonyl (C=O) groups is 3. The summed E-state index contributed by atoms with van der Waals surface area (Å²) in [5.74, 6) is -0.454. The molecule has 5 heteroatoms. The maximum absolute atomic E-state index is 14.0. The zero-order valence-corrected chi connectivity index (χ0v) is 20.6. The molecule has 2 aliphatic heterocycles. The van der Waals surface area contributed by atoms with Crippen LogP contribution in [0.4, 0.5) is 0 Å². The van der Waals surface area contributed by atoms with Gasteiger partial charge in [-0.3, -0.25) is 14.4 Å². The average molecular weight is 479 g/mol. The Balaban J connectivity index is 1.42. The van der Waals surface area contributed by atoms with Crippen LogP contribution in [0, 0.1) is 5.92 Å². The number of Topliss-reactive ketones (excluding diaryl/α,β-unsaturated/α-hetero) is 1. The Bertz CT molecular complexity index is 1310. The summed E-state index contributed by atoms with van der Waals surface area (Å²) in [5.41, 5.74) is 4.27. The molecule has 0 aromatic heterocycles. The molecule has 5 nitrogen and oxygen atoms in total. The minimum absolute atomic E-state index is 0.00759. The van der Waals surface area contributed by atoms with Gasteiger partial charge in [-0.15, -0.1) is 0 Å². The number of likely N-dealkylation sites (tertiary alicyclic amines) is 1. The van der Waals surface area contributed by atoms with Crippen molar-refractivity contribution in [3.05, 3.63) is 108 Å². The Labute approximate surface area is 212 Å². The Kier molecular flexibility index (Phi) is 6.55. The highest BCUT2D eigenvalue weighted by molar-refractivity contribution is 6.05. The summed E-state index contributed by atoms with van der Waals surface area (Å²) in [6.07, 6.45) is 2.54. The smallest absolute Gasteiger partial charge is 0.258 e. The summed E-state index contributed by atoms with van der Waals surface area (Å²) in [6, 6.07) is 26.5. The van der Waals surface area contributed by atoms with Crippen molar-refractivity contribution in [2.75, 3.05) is 13.1 Å². The number of hydrogen-bond acceptors (Lipinski definition) is 3. The molecule has 0 spiro atoms. The molecule has 2 atom stereocenters. The summed E-state index contributed by atoms with van der Waals surface area (Å²) >= 11 is 0. The second-order valence-electron chi connectivity index (χ2n) is 9.92. The van der Waals surface area contributed by atoms with Gasteiger partial charge < -0.3 is 9.80 Å². The molecular weight excluding hydrogens is 448 g/mol. The van der Waals surface area contributed by atoms with Crippen molar-refractivity contribution in [1.82, 2.24) is 9.80 Å². The van der Waals surface area contributed by atoms with Crippen molar-refractivity contribution in [3.63, 3.8) is 0 Å². The van der Waals surface area contributed by atoms with E-state index in [1.54, 1.807) is 17.0 Å². The van der Waals surface area contributed by atoms with E-state index in [2.05, 4.69) is 38.1 Å². The average Bonchev–Trinajstić information content (AvgIpc) is 3.49. The first-order valence-corrected chi connectivity index (χ1v) is 12.5. The van der Waals surface area contributed by atoms with Gasteiger partial charge in [0.25, 0.3) is 5.91 Å². The molecule has 2 amide bonds. The minimum Gasteiger partial charge on any atom is -0.323 e. The number of hydrogen-bond donors (Lipinski definition) is 0. The van der Waals surface area contributed by atoms with Crippen LogP contribution in [-0.2, 0) is 9.59 Å². The first-order valence-electron chi connectivity index (χ1n) is 12.5. The fourth-order valence-corrected chi connectivity index (χ4v) is 5.26. The van der Waals surface area contributed by atoms with E-state index in [-0.39, 0.29) is 30.1 Å². The van der Waals surface area contributed by atoms with E-state index in [1.807, 2.05) is 54.6 Å². The van der Waals surface area contributed by atoms with E-state index in [4.69, 9.17) is 0 Å². The van der Waals surface area contributed by atoms with E-state index in [0.717, 1.165) is 16.7 Å². The van der Waals surface area contributed by atoms with Crippen LogP contribution < -0.4 is 0 Å². The van der Waals surface area contributed by atoms with Crippen LogP contribution in [0.3, 0.4) is 0 Å². The molecule has 0 aliphatic carbocycles. The Morgan fingerprint density at radius 3 is 2.25 bits per heavy atom. The second-order valence-corrected chi connectivity index (χ2v) is 9.92. The molecule has 0 radical (unpaired) electrons. The monoisotopic (exact) mass is 478 g/mol. The van der Waals surface area contributed by atoms with Gasteiger partial charge in [0.05, 0.1) is 12.5 Å². The molecule has 3 aromatic rings. The van der Waals surface area contributed by atoms with Gasteiger partial charge in [0.1, 0.15) is 6.04 Å². The molecule has 2 unspecified atom stereocenters. The van der Waals surface area contributed by atoms with Crippen molar-refractivity contribution in [3.8, 4) is 11.1 Å². The third kappa shape index (κ3) is 4.49. The Hall–Kier alpha value is -3.99. The van der Waals surface area contributed by atoms with Gasteiger partial charge in [-0.1, -0.05) is 86.6 Å². The lowest BCUT2D eigenvalue weighted by Gasteiger charge is -2.29. The fourth-order valence-electron chi connectivity index (χ4n) is 5.26. The lowest BCUT2D eigenvalue weighted by atomic mass is 9.87. The number of amides is 2. The van der Waals surface area contributed by atoms with Gasteiger partial charge in [-0.05, 0) is 47.2 Å². The van der Waals surface area contributed by atoms with Crippen LogP contribution in [0.1, 0.15) is 42.1 Å². The van der Waals surface area contributed by atoms with Crippen LogP contribution in [0.5, 0.6) is 0 Å². The molecule has 3 aromatic carbocycles. The highest BCUT2D eigenvalue weighted by Gasteiger charge is 2.47. The first-order chi connectivity index (χ1) is 17.4. The van der Waals surface area contributed by atoms with Crippen LogP contribution in [-0.4, -0.2) is 46.5 Å². The molecule has 0 N–H and O–H groups in total. The summed E-state index contributed by atoms with van der Waals surface area (Å²) < 4.78 is 0. The predicted octanol–water partition coefficient (Wildman–Crippen LogP) is 5.30. The van der Waals surface area contributed by atoms with E-state index in [1.165, 1.54) is 4.90 Å². The molecular formula is C31H30N2O3. The third-order valence-electron chi connectivity index (χ3n) is 6.97. The predicted molar refractivity (Wildman–Crippen MR) is 140 cm³/mol. The summed E-state index contributed by atoms with van der Waals surface area (Å²) in [7, 11) is 0. The molecule has 2 aliphatic rings.